The monoisotopic (exact) mass is 266 g/mol. The Balaban J connectivity index is 2.93. The zero-order valence-electron chi connectivity index (χ0n) is 11.8. The Kier molecular flexibility index (Phi) is 5.76. The van der Waals surface area contributed by atoms with Crippen LogP contribution in [-0.4, -0.2) is 29.7 Å². The molecule has 0 fully saturated rings. The van der Waals surface area contributed by atoms with E-state index in [2.05, 4.69) is 4.98 Å². The highest BCUT2D eigenvalue weighted by atomic mass is 16.5. The molecular weight excluding hydrogens is 244 g/mol. The smallest absolute Gasteiger partial charge is 0.306 e. The third-order valence-corrected chi connectivity index (χ3v) is 3.30. The minimum absolute atomic E-state index is 0.414. The van der Waals surface area contributed by atoms with E-state index in [4.69, 9.17) is 10.5 Å². The second-order valence-electron chi connectivity index (χ2n) is 4.72. The number of rotatable bonds is 7. The summed E-state index contributed by atoms with van der Waals surface area (Å²) in [5.74, 6) is -0.454. The van der Waals surface area contributed by atoms with Crippen molar-refractivity contribution in [1.29, 1.82) is 0 Å². The van der Waals surface area contributed by atoms with E-state index in [1.807, 2.05) is 13.8 Å². The quantitative estimate of drug-likeness (QED) is 0.784. The number of aromatic nitrogens is 1. The van der Waals surface area contributed by atoms with Gasteiger partial charge in [-0.3, -0.25) is 9.78 Å². The van der Waals surface area contributed by atoms with Gasteiger partial charge in [0.05, 0.1) is 13.0 Å². The molecule has 1 rings (SSSR count). The van der Waals surface area contributed by atoms with Crippen LogP contribution < -0.4 is 10.5 Å². The zero-order chi connectivity index (χ0) is 14.4. The van der Waals surface area contributed by atoms with Crippen LogP contribution in [0.2, 0.25) is 0 Å². The summed E-state index contributed by atoms with van der Waals surface area (Å²) in [7, 11) is 1.61. The van der Waals surface area contributed by atoms with Crippen molar-refractivity contribution in [1.82, 2.24) is 4.98 Å². The van der Waals surface area contributed by atoms with Crippen LogP contribution in [0.1, 0.15) is 29.7 Å². The molecule has 106 valence electrons. The Labute approximate surface area is 113 Å². The molecule has 1 atom stereocenters. The van der Waals surface area contributed by atoms with Gasteiger partial charge in [-0.15, -0.1) is 0 Å². The van der Waals surface area contributed by atoms with Crippen molar-refractivity contribution in [3.05, 3.63) is 23.0 Å². The molecule has 1 aromatic heterocycles. The average molecular weight is 266 g/mol. The number of hydrogen-bond acceptors (Lipinski definition) is 4. The fraction of sp³-hybridized carbons (Fsp3) is 0.571. The van der Waals surface area contributed by atoms with Crippen molar-refractivity contribution in [2.45, 2.75) is 33.1 Å². The lowest BCUT2D eigenvalue weighted by atomic mass is 9.95. The van der Waals surface area contributed by atoms with Crippen LogP contribution in [-0.2, 0) is 11.2 Å². The molecule has 0 aliphatic carbocycles. The summed E-state index contributed by atoms with van der Waals surface area (Å²) >= 11 is 0. The lowest BCUT2D eigenvalue weighted by Crippen LogP contribution is -2.19. The topological polar surface area (TPSA) is 85.4 Å². The number of hydrogen-bond donors (Lipinski definition) is 2. The van der Waals surface area contributed by atoms with Gasteiger partial charge in [0, 0.05) is 29.4 Å². The Morgan fingerprint density at radius 3 is 2.74 bits per heavy atom. The van der Waals surface area contributed by atoms with Crippen molar-refractivity contribution < 1.29 is 14.6 Å². The molecule has 0 aromatic carbocycles. The number of nitrogens with zero attached hydrogens (tertiary/aromatic N) is 1. The number of aryl methyl sites for hydroxylation is 1. The standard InChI is InChI=1S/C14H22N2O3/c1-9-8-16-12(10(2)13(9)19-3)7-11(14(17)18)5-4-6-15/h8,11H,4-7,15H2,1-3H3,(H,17,18). The van der Waals surface area contributed by atoms with Crippen LogP contribution >= 0.6 is 0 Å². The molecule has 5 nitrogen and oxygen atoms in total. The average Bonchev–Trinajstić information content (AvgIpc) is 2.37. The number of ether oxygens (including phenoxy) is 1. The minimum atomic E-state index is -0.797. The molecule has 0 aliphatic rings. The molecular formula is C14H22N2O3. The van der Waals surface area contributed by atoms with Crippen molar-refractivity contribution in [3.63, 3.8) is 0 Å². The van der Waals surface area contributed by atoms with Gasteiger partial charge in [0.25, 0.3) is 0 Å². The van der Waals surface area contributed by atoms with Crippen molar-refractivity contribution in [3.8, 4) is 5.75 Å². The molecule has 19 heavy (non-hydrogen) atoms. The van der Waals surface area contributed by atoms with Gasteiger partial charge < -0.3 is 15.6 Å². The Bertz CT molecular complexity index is 447. The second-order valence-corrected chi connectivity index (χ2v) is 4.72. The highest BCUT2D eigenvalue weighted by Gasteiger charge is 2.20. The van der Waals surface area contributed by atoms with Gasteiger partial charge >= 0.3 is 5.97 Å². The number of carboxylic acids is 1. The van der Waals surface area contributed by atoms with Crippen molar-refractivity contribution in [2.75, 3.05) is 13.7 Å². The number of carbonyl (C=O) groups is 1. The van der Waals surface area contributed by atoms with Crippen LogP contribution in [0.4, 0.5) is 0 Å². The third kappa shape index (κ3) is 3.92. The summed E-state index contributed by atoms with van der Waals surface area (Å²) in [6.45, 7) is 4.34. The van der Waals surface area contributed by atoms with E-state index < -0.39 is 11.9 Å². The zero-order valence-corrected chi connectivity index (χ0v) is 11.8. The maximum absolute atomic E-state index is 11.2. The van der Waals surface area contributed by atoms with Gasteiger partial charge in [-0.2, -0.15) is 0 Å². The predicted octanol–water partition coefficient (Wildman–Crippen LogP) is 1.69. The molecule has 0 radical (unpaired) electrons. The predicted molar refractivity (Wildman–Crippen MR) is 73.4 cm³/mol. The van der Waals surface area contributed by atoms with Gasteiger partial charge in [-0.05, 0) is 33.2 Å². The first-order valence-electron chi connectivity index (χ1n) is 6.43. The fourth-order valence-corrected chi connectivity index (χ4v) is 2.19. The highest BCUT2D eigenvalue weighted by Crippen LogP contribution is 2.26. The second kappa shape index (κ2) is 7.09. The van der Waals surface area contributed by atoms with E-state index in [-0.39, 0.29) is 0 Å². The number of carboxylic acid groups (broad SMARTS) is 1. The molecule has 0 aliphatic heterocycles. The Morgan fingerprint density at radius 2 is 2.21 bits per heavy atom. The molecule has 0 bridgehead atoms. The summed E-state index contributed by atoms with van der Waals surface area (Å²) in [5.41, 5.74) is 8.10. The van der Waals surface area contributed by atoms with Crippen LogP contribution in [0, 0.1) is 19.8 Å². The Hall–Kier alpha value is -1.62. The van der Waals surface area contributed by atoms with E-state index in [1.54, 1.807) is 13.3 Å². The first-order valence-corrected chi connectivity index (χ1v) is 6.43. The first kappa shape index (κ1) is 15.4. The maximum Gasteiger partial charge on any atom is 0.306 e. The minimum Gasteiger partial charge on any atom is -0.496 e. The van der Waals surface area contributed by atoms with Crippen LogP contribution in [0.5, 0.6) is 5.75 Å². The molecule has 5 heteroatoms. The van der Waals surface area contributed by atoms with Crippen LogP contribution in [0.25, 0.3) is 0 Å². The summed E-state index contributed by atoms with van der Waals surface area (Å²) in [5, 5.41) is 9.23. The van der Waals surface area contributed by atoms with Gasteiger partial charge in [-0.1, -0.05) is 0 Å². The Morgan fingerprint density at radius 1 is 1.53 bits per heavy atom. The summed E-state index contributed by atoms with van der Waals surface area (Å²) in [6, 6.07) is 0. The lowest BCUT2D eigenvalue weighted by molar-refractivity contribution is -0.142. The van der Waals surface area contributed by atoms with E-state index in [1.165, 1.54) is 0 Å². The first-order chi connectivity index (χ1) is 9.01. The highest BCUT2D eigenvalue weighted by molar-refractivity contribution is 5.70. The van der Waals surface area contributed by atoms with E-state index in [9.17, 15) is 9.90 Å². The summed E-state index contributed by atoms with van der Waals surface area (Å²) in [4.78, 5) is 15.6. The molecule has 1 unspecified atom stereocenters. The van der Waals surface area contributed by atoms with Gasteiger partial charge in [0.2, 0.25) is 0 Å². The van der Waals surface area contributed by atoms with Crippen LogP contribution in [0.3, 0.4) is 0 Å². The molecule has 0 saturated carbocycles. The van der Waals surface area contributed by atoms with Crippen molar-refractivity contribution >= 4 is 5.97 Å². The van der Waals surface area contributed by atoms with Gasteiger partial charge in [0.15, 0.2) is 0 Å². The van der Waals surface area contributed by atoms with Gasteiger partial charge in [0.1, 0.15) is 5.75 Å². The SMILES string of the molecule is COc1c(C)cnc(CC(CCCN)C(=O)O)c1C. The molecule has 0 spiro atoms. The molecule has 0 saturated heterocycles. The van der Waals surface area contributed by atoms with E-state index in [0.717, 1.165) is 22.6 Å². The fourth-order valence-electron chi connectivity index (χ4n) is 2.19. The molecule has 3 N–H and O–H groups in total. The molecule has 1 heterocycles. The summed E-state index contributed by atoms with van der Waals surface area (Å²) < 4.78 is 5.33. The summed E-state index contributed by atoms with van der Waals surface area (Å²) in [6.07, 6.45) is 3.42. The van der Waals surface area contributed by atoms with Gasteiger partial charge in [-0.25, -0.2) is 0 Å². The van der Waals surface area contributed by atoms with Crippen molar-refractivity contribution in [2.24, 2.45) is 11.7 Å². The number of pyridine rings is 1. The number of methoxy groups -OCH3 is 1. The molecule has 1 aromatic rings. The maximum atomic E-state index is 11.2. The van der Waals surface area contributed by atoms with Crippen LogP contribution in [0.15, 0.2) is 6.20 Å². The third-order valence-electron chi connectivity index (χ3n) is 3.30. The number of aliphatic carboxylic acids is 1. The van der Waals surface area contributed by atoms with E-state index >= 15 is 0 Å². The normalized spacial score (nSPS) is 12.2. The van der Waals surface area contributed by atoms with E-state index in [0.29, 0.717) is 25.8 Å². The largest absolute Gasteiger partial charge is 0.496 e. The molecule has 0 amide bonds. The number of nitrogens with two attached hydrogens (primary N) is 1. The lowest BCUT2D eigenvalue weighted by Gasteiger charge is -2.15.